The molecule has 0 radical (unpaired) electrons. The van der Waals surface area contributed by atoms with Gasteiger partial charge in [-0.25, -0.2) is 0 Å². The van der Waals surface area contributed by atoms with Gasteiger partial charge in [0.1, 0.15) is 5.56 Å². The second kappa shape index (κ2) is 8.74. The van der Waals surface area contributed by atoms with Crippen LogP contribution in [0.5, 0.6) is 0 Å². The molecule has 148 valence electrons. The summed E-state index contributed by atoms with van der Waals surface area (Å²) in [5.74, 6) is -0.105. The molecule has 5 nitrogen and oxygen atoms in total. The highest BCUT2D eigenvalue weighted by Crippen LogP contribution is 2.22. The van der Waals surface area contributed by atoms with Gasteiger partial charge in [-0.2, -0.15) is 0 Å². The maximum Gasteiger partial charge on any atom is 0.263 e. The van der Waals surface area contributed by atoms with Gasteiger partial charge in [-0.1, -0.05) is 36.8 Å². The summed E-state index contributed by atoms with van der Waals surface area (Å²) in [4.78, 5) is 30.6. The number of likely N-dealkylation sites (tertiary alicyclic amines) is 2. The Balaban J connectivity index is 1.50. The van der Waals surface area contributed by atoms with Crippen molar-refractivity contribution in [2.75, 3.05) is 26.2 Å². The molecule has 2 saturated heterocycles. The van der Waals surface area contributed by atoms with Crippen molar-refractivity contribution in [3.05, 3.63) is 70.1 Å². The molecule has 2 aromatic rings. The predicted molar refractivity (Wildman–Crippen MR) is 111 cm³/mol. The zero-order valence-electron chi connectivity index (χ0n) is 16.4. The summed E-state index contributed by atoms with van der Waals surface area (Å²) in [7, 11) is 0. The van der Waals surface area contributed by atoms with Gasteiger partial charge in [0.15, 0.2) is 0 Å². The summed E-state index contributed by atoms with van der Waals surface area (Å²) in [5, 5.41) is 0. The average molecular weight is 380 g/mol. The standard InChI is InChI=1S/C23H29N3O2/c27-22-21(12-8-15-25(22)17-19-9-3-1-4-10-19)23(28)26-16-7-11-20(26)18-24-13-5-2-6-14-24/h1,3-4,8-10,12,15,20H,2,5-7,11,13-14,16-18H2. The lowest BCUT2D eigenvalue weighted by Gasteiger charge is -2.33. The lowest BCUT2D eigenvalue weighted by Crippen LogP contribution is -2.46. The maximum atomic E-state index is 13.2. The molecule has 0 aliphatic carbocycles. The Labute approximate surface area is 166 Å². The van der Waals surface area contributed by atoms with E-state index in [1.165, 1.54) is 19.3 Å². The second-order valence-electron chi connectivity index (χ2n) is 8.00. The third-order valence-electron chi connectivity index (χ3n) is 6.00. The highest BCUT2D eigenvalue weighted by molar-refractivity contribution is 5.94. The third-order valence-corrected chi connectivity index (χ3v) is 6.00. The Morgan fingerprint density at radius 3 is 2.50 bits per heavy atom. The highest BCUT2D eigenvalue weighted by Gasteiger charge is 2.32. The third kappa shape index (κ3) is 4.20. The first-order chi connectivity index (χ1) is 13.7. The zero-order chi connectivity index (χ0) is 19.3. The number of aromatic nitrogens is 1. The van der Waals surface area contributed by atoms with E-state index in [-0.39, 0.29) is 17.5 Å². The van der Waals surface area contributed by atoms with Gasteiger partial charge in [-0.15, -0.1) is 0 Å². The summed E-state index contributed by atoms with van der Waals surface area (Å²) in [6.45, 7) is 4.45. The van der Waals surface area contributed by atoms with Gasteiger partial charge in [0.25, 0.3) is 11.5 Å². The van der Waals surface area contributed by atoms with E-state index in [1.807, 2.05) is 41.3 Å². The summed E-state index contributed by atoms with van der Waals surface area (Å²) in [5.41, 5.74) is 1.15. The fraction of sp³-hybridized carbons (Fsp3) is 0.478. The number of hydrogen-bond acceptors (Lipinski definition) is 3. The molecule has 1 atom stereocenters. The van der Waals surface area contributed by atoms with E-state index in [0.29, 0.717) is 12.1 Å². The molecule has 28 heavy (non-hydrogen) atoms. The van der Waals surface area contributed by atoms with E-state index in [1.54, 1.807) is 16.8 Å². The molecule has 2 aliphatic heterocycles. The Morgan fingerprint density at radius 2 is 1.71 bits per heavy atom. The summed E-state index contributed by atoms with van der Waals surface area (Å²) < 4.78 is 1.64. The fourth-order valence-electron chi connectivity index (χ4n) is 4.49. The van der Waals surface area contributed by atoms with Gasteiger partial charge < -0.3 is 14.4 Å². The van der Waals surface area contributed by atoms with Gasteiger partial charge >= 0.3 is 0 Å². The number of pyridine rings is 1. The minimum atomic E-state index is -0.194. The van der Waals surface area contributed by atoms with Crippen molar-refractivity contribution in [3.63, 3.8) is 0 Å². The van der Waals surface area contributed by atoms with Gasteiger partial charge in [-0.3, -0.25) is 9.59 Å². The molecule has 1 amide bonds. The van der Waals surface area contributed by atoms with Crippen molar-refractivity contribution in [1.82, 2.24) is 14.4 Å². The molecule has 2 fully saturated rings. The molecule has 0 saturated carbocycles. The Kier molecular flexibility index (Phi) is 5.91. The van der Waals surface area contributed by atoms with E-state index in [2.05, 4.69) is 4.90 Å². The van der Waals surface area contributed by atoms with Crippen LogP contribution in [-0.4, -0.2) is 52.5 Å². The maximum absolute atomic E-state index is 13.2. The van der Waals surface area contributed by atoms with Crippen molar-refractivity contribution < 1.29 is 4.79 Å². The first-order valence-corrected chi connectivity index (χ1v) is 10.5. The van der Waals surface area contributed by atoms with Crippen molar-refractivity contribution in [1.29, 1.82) is 0 Å². The highest BCUT2D eigenvalue weighted by atomic mass is 16.2. The SMILES string of the molecule is O=C(c1cccn(Cc2ccccc2)c1=O)N1CCCC1CN1CCCCC1. The molecule has 1 aromatic carbocycles. The van der Waals surface area contributed by atoms with Crippen molar-refractivity contribution in [3.8, 4) is 0 Å². The number of benzene rings is 1. The number of piperidine rings is 1. The van der Waals surface area contributed by atoms with Crippen LogP contribution in [0.1, 0.15) is 48.0 Å². The van der Waals surface area contributed by atoms with Crippen LogP contribution < -0.4 is 5.56 Å². The molecular weight excluding hydrogens is 350 g/mol. The molecular formula is C23H29N3O2. The molecule has 2 aliphatic rings. The van der Waals surface area contributed by atoms with Gasteiger partial charge in [0.05, 0.1) is 6.54 Å². The van der Waals surface area contributed by atoms with E-state index in [9.17, 15) is 9.59 Å². The van der Waals surface area contributed by atoms with Crippen LogP contribution in [0.4, 0.5) is 0 Å². The summed E-state index contributed by atoms with van der Waals surface area (Å²) >= 11 is 0. The van der Waals surface area contributed by atoms with Gasteiger partial charge in [-0.05, 0) is 56.5 Å². The van der Waals surface area contributed by atoms with Crippen LogP contribution in [0, 0.1) is 0 Å². The van der Waals surface area contributed by atoms with E-state index < -0.39 is 0 Å². The van der Waals surface area contributed by atoms with Crippen LogP contribution >= 0.6 is 0 Å². The minimum Gasteiger partial charge on any atom is -0.334 e. The molecule has 5 heteroatoms. The molecule has 0 bridgehead atoms. The van der Waals surface area contributed by atoms with E-state index in [4.69, 9.17) is 0 Å². The second-order valence-corrected chi connectivity index (χ2v) is 8.00. The smallest absolute Gasteiger partial charge is 0.263 e. The largest absolute Gasteiger partial charge is 0.334 e. The first kappa shape index (κ1) is 18.9. The molecule has 0 N–H and O–H groups in total. The molecule has 1 aromatic heterocycles. The first-order valence-electron chi connectivity index (χ1n) is 10.5. The Morgan fingerprint density at radius 1 is 0.929 bits per heavy atom. The molecule has 0 spiro atoms. The quantitative estimate of drug-likeness (QED) is 0.802. The molecule has 3 heterocycles. The molecule has 1 unspecified atom stereocenters. The number of hydrogen-bond donors (Lipinski definition) is 0. The monoisotopic (exact) mass is 379 g/mol. The van der Waals surface area contributed by atoms with E-state index in [0.717, 1.165) is 44.6 Å². The number of carbonyl (C=O) groups is 1. The van der Waals surface area contributed by atoms with Gasteiger partial charge in [0, 0.05) is 25.3 Å². The topological polar surface area (TPSA) is 45.6 Å². The summed E-state index contributed by atoms with van der Waals surface area (Å²) in [6, 6.07) is 13.6. The van der Waals surface area contributed by atoms with Crippen LogP contribution in [0.25, 0.3) is 0 Å². The summed E-state index contributed by atoms with van der Waals surface area (Å²) in [6.07, 6.45) is 7.64. The number of carbonyl (C=O) groups excluding carboxylic acids is 1. The average Bonchev–Trinajstić information content (AvgIpc) is 3.19. The van der Waals surface area contributed by atoms with Crippen molar-refractivity contribution in [2.24, 2.45) is 0 Å². The minimum absolute atomic E-state index is 0.105. The van der Waals surface area contributed by atoms with Crippen LogP contribution in [0.3, 0.4) is 0 Å². The predicted octanol–water partition coefficient (Wildman–Crippen LogP) is 2.99. The molecule has 4 rings (SSSR count). The van der Waals surface area contributed by atoms with Crippen LogP contribution in [-0.2, 0) is 6.54 Å². The number of amides is 1. The van der Waals surface area contributed by atoms with Crippen molar-refractivity contribution >= 4 is 5.91 Å². The van der Waals surface area contributed by atoms with Crippen LogP contribution in [0.2, 0.25) is 0 Å². The number of rotatable bonds is 5. The van der Waals surface area contributed by atoms with Crippen LogP contribution in [0.15, 0.2) is 53.5 Å². The zero-order valence-corrected chi connectivity index (χ0v) is 16.4. The van der Waals surface area contributed by atoms with Gasteiger partial charge in [0.2, 0.25) is 0 Å². The fourth-order valence-corrected chi connectivity index (χ4v) is 4.49. The lowest BCUT2D eigenvalue weighted by atomic mass is 10.1. The lowest BCUT2D eigenvalue weighted by molar-refractivity contribution is 0.0688. The Hall–Kier alpha value is -2.40. The normalized spacial score (nSPS) is 20.4. The number of nitrogens with zero attached hydrogens (tertiary/aromatic N) is 3. The van der Waals surface area contributed by atoms with Crippen molar-refractivity contribution in [2.45, 2.75) is 44.7 Å². The Bertz CT molecular complexity index is 856. The van der Waals surface area contributed by atoms with E-state index >= 15 is 0 Å².